The van der Waals surface area contributed by atoms with Crippen LogP contribution in [0.3, 0.4) is 0 Å². The second kappa shape index (κ2) is 5.56. The van der Waals surface area contributed by atoms with Crippen LogP contribution in [0.4, 0.5) is 11.5 Å². The van der Waals surface area contributed by atoms with Crippen LogP contribution in [-0.4, -0.2) is 32.2 Å². The van der Waals surface area contributed by atoms with Gasteiger partial charge in [0.2, 0.25) is 10.0 Å². The molecule has 1 aromatic rings. The van der Waals surface area contributed by atoms with Crippen molar-refractivity contribution in [3.8, 4) is 0 Å². The number of nitrogens with one attached hydrogen (secondary N) is 1. The Morgan fingerprint density at radius 1 is 1.33 bits per heavy atom. The first kappa shape index (κ1) is 13.1. The summed E-state index contributed by atoms with van der Waals surface area (Å²) in [6.07, 6.45) is 4.59. The Kier molecular flexibility index (Phi) is 4.06. The third kappa shape index (κ3) is 3.35. The molecule has 1 fully saturated rings. The number of hydrogen-bond donors (Lipinski definition) is 1. The predicted octanol–water partition coefficient (Wildman–Crippen LogP) is 1.83. The van der Waals surface area contributed by atoms with Crippen molar-refractivity contribution in [1.29, 1.82) is 0 Å². The number of pyridine rings is 1. The molecule has 2 heterocycles. The molecule has 6 heteroatoms. The monoisotopic (exact) mass is 269 g/mol. The Morgan fingerprint density at radius 2 is 2.06 bits per heavy atom. The van der Waals surface area contributed by atoms with E-state index in [1.165, 1.54) is 12.8 Å². The van der Waals surface area contributed by atoms with Crippen LogP contribution in [0.1, 0.15) is 26.2 Å². The van der Waals surface area contributed by atoms with Crippen LogP contribution < -0.4 is 9.62 Å². The maximum Gasteiger partial charge on any atom is 0.232 e. The number of nitrogens with zero attached hydrogens (tertiary/aromatic N) is 2. The van der Waals surface area contributed by atoms with Crippen LogP contribution in [0.2, 0.25) is 0 Å². The van der Waals surface area contributed by atoms with Crippen molar-refractivity contribution in [3.05, 3.63) is 18.3 Å². The summed E-state index contributed by atoms with van der Waals surface area (Å²) >= 11 is 0. The standard InChI is InChI=1S/C12H19N3O2S/c1-2-9-18(16,17)14-11-5-6-12(13-10-11)15-7-3-4-8-15/h5-6,10,14H,2-4,7-9H2,1H3. The maximum atomic E-state index is 11.6. The lowest BCUT2D eigenvalue weighted by molar-refractivity contribution is 0.600. The molecule has 0 bridgehead atoms. The van der Waals surface area contributed by atoms with Gasteiger partial charge in [-0.25, -0.2) is 13.4 Å². The van der Waals surface area contributed by atoms with Gasteiger partial charge in [-0.1, -0.05) is 6.92 Å². The molecule has 0 saturated carbocycles. The highest BCUT2D eigenvalue weighted by molar-refractivity contribution is 7.92. The van der Waals surface area contributed by atoms with E-state index < -0.39 is 10.0 Å². The lowest BCUT2D eigenvalue weighted by Gasteiger charge is -2.16. The molecular weight excluding hydrogens is 250 g/mol. The quantitative estimate of drug-likeness (QED) is 0.886. The smallest absolute Gasteiger partial charge is 0.232 e. The molecule has 1 aliphatic rings. The van der Waals surface area contributed by atoms with Gasteiger partial charge in [-0.2, -0.15) is 0 Å². The van der Waals surface area contributed by atoms with E-state index in [0.717, 1.165) is 18.9 Å². The van der Waals surface area contributed by atoms with Gasteiger partial charge in [-0.15, -0.1) is 0 Å². The fourth-order valence-corrected chi connectivity index (χ4v) is 3.20. The summed E-state index contributed by atoms with van der Waals surface area (Å²) in [7, 11) is -3.22. The molecule has 0 radical (unpaired) electrons. The summed E-state index contributed by atoms with van der Waals surface area (Å²) in [5, 5.41) is 0. The van der Waals surface area contributed by atoms with Crippen molar-refractivity contribution < 1.29 is 8.42 Å². The highest BCUT2D eigenvalue weighted by Crippen LogP contribution is 2.19. The van der Waals surface area contributed by atoms with Crippen LogP contribution in [0.5, 0.6) is 0 Å². The number of anilines is 2. The van der Waals surface area contributed by atoms with E-state index in [9.17, 15) is 8.42 Å². The number of aromatic nitrogens is 1. The summed E-state index contributed by atoms with van der Waals surface area (Å²) in [5.74, 6) is 1.06. The van der Waals surface area contributed by atoms with Gasteiger partial charge in [-0.3, -0.25) is 4.72 Å². The van der Waals surface area contributed by atoms with E-state index in [1.54, 1.807) is 12.3 Å². The summed E-state index contributed by atoms with van der Waals surface area (Å²) in [6, 6.07) is 3.64. The molecule has 1 aliphatic heterocycles. The van der Waals surface area contributed by atoms with E-state index in [1.807, 2.05) is 13.0 Å². The Morgan fingerprint density at radius 3 is 2.61 bits per heavy atom. The molecule has 0 aliphatic carbocycles. The first-order valence-electron chi connectivity index (χ1n) is 6.32. The minimum absolute atomic E-state index is 0.140. The summed E-state index contributed by atoms with van der Waals surface area (Å²) in [5.41, 5.74) is 0.534. The van der Waals surface area contributed by atoms with Crippen molar-refractivity contribution in [2.75, 3.05) is 28.5 Å². The van der Waals surface area contributed by atoms with Crippen molar-refractivity contribution in [2.24, 2.45) is 0 Å². The van der Waals surface area contributed by atoms with Gasteiger partial charge in [0, 0.05) is 13.1 Å². The molecule has 18 heavy (non-hydrogen) atoms. The zero-order valence-corrected chi connectivity index (χ0v) is 11.4. The molecule has 0 unspecified atom stereocenters. The fraction of sp³-hybridized carbons (Fsp3) is 0.583. The maximum absolute atomic E-state index is 11.6. The van der Waals surface area contributed by atoms with E-state index in [4.69, 9.17) is 0 Å². The highest BCUT2D eigenvalue weighted by Gasteiger charge is 2.14. The van der Waals surface area contributed by atoms with E-state index in [0.29, 0.717) is 12.1 Å². The molecule has 1 N–H and O–H groups in total. The van der Waals surface area contributed by atoms with Gasteiger partial charge in [0.1, 0.15) is 5.82 Å². The van der Waals surface area contributed by atoms with Gasteiger partial charge in [-0.05, 0) is 31.4 Å². The van der Waals surface area contributed by atoms with Crippen LogP contribution in [-0.2, 0) is 10.0 Å². The minimum atomic E-state index is -3.22. The fourth-order valence-electron chi connectivity index (χ4n) is 2.08. The molecule has 1 aromatic heterocycles. The van der Waals surface area contributed by atoms with Gasteiger partial charge in [0.25, 0.3) is 0 Å². The Balaban J connectivity index is 2.03. The Labute approximate surface area is 108 Å². The molecule has 0 amide bonds. The number of hydrogen-bond acceptors (Lipinski definition) is 4. The molecule has 2 rings (SSSR count). The van der Waals surface area contributed by atoms with Crippen LogP contribution >= 0.6 is 0 Å². The molecular formula is C12H19N3O2S. The van der Waals surface area contributed by atoms with E-state index in [-0.39, 0.29) is 5.75 Å². The Hall–Kier alpha value is -1.30. The van der Waals surface area contributed by atoms with E-state index >= 15 is 0 Å². The van der Waals surface area contributed by atoms with Crippen molar-refractivity contribution in [3.63, 3.8) is 0 Å². The third-order valence-corrected chi connectivity index (χ3v) is 4.42. The SMILES string of the molecule is CCCS(=O)(=O)Nc1ccc(N2CCCC2)nc1. The molecule has 0 aromatic carbocycles. The van der Waals surface area contributed by atoms with Crippen LogP contribution in [0.15, 0.2) is 18.3 Å². The van der Waals surface area contributed by atoms with Crippen LogP contribution in [0.25, 0.3) is 0 Å². The molecule has 1 saturated heterocycles. The van der Waals surface area contributed by atoms with Gasteiger partial charge in [0.15, 0.2) is 0 Å². The van der Waals surface area contributed by atoms with Gasteiger partial charge < -0.3 is 4.90 Å². The Bertz CT molecular complexity index is 479. The summed E-state index contributed by atoms with van der Waals surface area (Å²) < 4.78 is 25.7. The first-order valence-corrected chi connectivity index (χ1v) is 7.97. The predicted molar refractivity (Wildman–Crippen MR) is 73.4 cm³/mol. The second-order valence-electron chi connectivity index (χ2n) is 4.52. The van der Waals surface area contributed by atoms with Gasteiger partial charge in [0.05, 0.1) is 17.6 Å². The average Bonchev–Trinajstić information content (AvgIpc) is 2.82. The van der Waals surface area contributed by atoms with Gasteiger partial charge >= 0.3 is 0 Å². The number of rotatable bonds is 5. The summed E-state index contributed by atoms with van der Waals surface area (Å²) in [4.78, 5) is 6.52. The molecule has 100 valence electrons. The van der Waals surface area contributed by atoms with E-state index in [2.05, 4.69) is 14.6 Å². The topological polar surface area (TPSA) is 62.3 Å². The number of sulfonamides is 1. The van der Waals surface area contributed by atoms with Crippen LogP contribution in [0, 0.1) is 0 Å². The minimum Gasteiger partial charge on any atom is -0.357 e. The zero-order valence-electron chi connectivity index (χ0n) is 10.6. The lowest BCUT2D eigenvalue weighted by atomic mass is 10.4. The molecule has 5 nitrogen and oxygen atoms in total. The zero-order chi connectivity index (χ0) is 13.0. The highest BCUT2D eigenvalue weighted by atomic mass is 32.2. The lowest BCUT2D eigenvalue weighted by Crippen LogP contribution is -2.19. The van der Waals surface area contributed by atoms with Crippen molar-refractivity contribution in [1.82, 2.24) is 4.98 Å². The second-order valence-corrected chi connectivity index (χ2v) is 6.36. The van der Waals surface area contributed by atoms with Crippen molar-refractivity contribution >= 4 is 21.5 Å². The molecule has 0 atom stereocenters. The molecule has 0 spiro atoms. The average molecular weight is 269 g/mol. The largest absolute Gasteiger partial charge is 0.357 e. The first-order chi connectivity index (χ1) is 8.61. The normalized spacial score (nSPS) is 15.9. The van der Waals surface area contributed by atoms with Crippen molar-refractivity contribution in [2.45, 2.75) is 26.2 Å². The third-order valence-electron chi connectivity index (χ3n) is 2.92. The summed E-state index contributed by atoms with van der Waals surface area (Å²) in [6.45, 7) is 3.91.